The molecule has 1 amide bonds. The molecule has 16 heavy (non-hydrogen) atoms. The Bertz CT molecular complexity index is 262. The molecule has 1 saturated heterocycles. The van der Waals surface area contributed by atoms with E-state index in [0.29, 0.717) is 0 Å². The molecule has 1 heterocycles. The fourth-order valence-electron chi connectivity index (χ4n) is 1.72. The number of carboxylic acids is 1. The molecule has 0 aromatic carbocycles. The van der Waals surface area contributed by atoms with E-state index in [1.807, 2.05) is 4.90 Å². The maximum absolute atomic E-state index is 11.7. The number of amides is 1. The molecule has 0 aromatic rings. The van der Waals surface area contributed by atoms with Gasteiger partial charge in [0.25, 0.3) is 0 Å². The maximum Gasteiger partial charge on any atom is 0.307 e. The molecule has 1 rings (SSSR count). The first-order chi connectivity index (χ1) is 7.52. The van der Waals surface area contributed by atoms with Crippen LogP contribution in [0.25, 0.3) is 0 Å². The van der Waals surface area contributed by atoms with Gasteiger partial charge >= 0.3 is 5.97 Å². The Morgan fingerprint density at radius 3 is 2.38 bits per heavy atom. The van der Waals surface area contributed by atoms with Crippen LogP contribution in [0.1, 0.15) is 26.7 Å². The minimum absolute atomic E-state index is 0.0712. The first kappa shape index (κ1) is 13.0. The topological polar surface area (TPSA) is 69.6 Å². The van der Waals surface area contributed by atoms with E-state index in [4.69, 9.17) is 5.11 Å². The second kappa shape index (κ2) is 5.84. The molecule has 92 valence electrons. The summed E-state index contributed by atoms with van der Waals surface area (Å²) < 4.78 is 0. The molecular weight excluding hydrogens is 208 g/mol. The van der Waals surface area contributed by atoms with Gasteiger partial charge < -0.3 is 15.3 Å². The molecule has 2 atom stereocenters. The number of nitrogens with one attached hydrogen (secondary N) is 1. The van der Waals surface area contributed by atoms with Crippen LogP contribution >= 0.6 is 0 Å². The number of rotatable bonds is 5. The third kappa shape index (κ3) is 3.48. The first-order valence-electron chi connectivity index (χ1n) is 5.76. The highest BCUT2D eigenvalue weighted by Gasteiger charge is 2.22. The number of aliphatic carboxylic acids is 1. The zero-order valence-electron chi connectivity index (χ0n) is 9.90. The van der Waals surface area contributed by atoms with Crippen LogP contribution in [0.15, 0.2) is 0 Å². The van der Waals surface area contributed by atoms with E-state index in [1.165, 1.54) is 0 Å². The first-order valence-corrected chi connectivity index (χ1v) is 5.76. The molecule has 5 heteroatoms. The zero-order chi connectivity index (χ0) is 12.1. The summed E-state index contributed by atoms with van der Waals surface area (Å²) >= 11 is 0. The van der Waals surface area contributed by atoms with Crippen molar-refractivity contribution in [3.05, 3.63) is 0 Å². The second-order valence-electron chi connectivity index (χ2n) is 4.38. The molecule has 2 N–H and O–H groups in total. The molecule has 1 aliphatic heterocycles. The molecule has 1 aliphatic rings. The van der Waals surface area contributed by atoms with Crippen molar-refractivity contribution in [2.24, 2.45) is 5.92 Å². The Balaban J connectivity index is 2.27. The van der Waals surface area contributed by atoms with Gasteiger partial charge in [0.05, 0.1) is 12.5 Å². The van der Waals surface area contributed by atoms with Gasteiger partial charge in [0, 0.05) is 19.1 Å². The average Bonchev–Trinajstić information content (AvgIpc) is 2.77. The Morgan fingerprint density at radius 2 is 1.88 bits per heavy atom. The standard InChI is InChI=1S/C11H20N2O3/c1-8(11(15)16)9(2)12-7-10(14)13-5-3-4-6-13/h8-9,12H,3-7H2,1-2H3,(H,15,16). The summed E-state index contributed by atoms with van der Waals surface area (Å²) in [6.07, 6.45) is 2.15. The van der Waals surface area contributed by atoms with Gasteiger partial charge in [-0.05, 0) is 19.8 Å². The lowest BCUT2D eigenvalue weighted by Gasteiger charge is -2.20. The highest BCUT2D eigenvalue weighted by molar-refractivity contribution is 5.78. The minimum atomic E-state index is -0.839. The average molecular weight is 228 g/mol. The highest BCUT2D eigenvalue weighted by atomic mass is 16.4. The molecule has 0 aliphatic carbocycles. The van der Waals surface area contributed by atoms with E-state index in [0.717, 1.165) is 25.9 Å². The number of nitrogens with zero attached hydrogens (tertiary/aromatic N) is 1. The largest absolute Gasteiger partial charge is 0.481 e. The van der Waals surface area contributed by atoms with Crippen LogP contribution in [0.4, 0.5) is 0 Å². The van der Waals surface area contributed by atoms with Crippen LogP contribution in [0.5, 0.6) is 0 Å². The van der Waals surface area contributed by atoms with Crippen molar-refractivity contribution in [1.82, 2.24) is 10.2 Å². The van der Waals surface area contributed by atoms with Crippen LogP contribution in [0.2, 0.25) is 0 Å². The summed E-state index contributed by atoms with van der Waals surface area (Å²) in [5, 5.41) is 11.8. The van der Waals surface area contributed by atoms with Gasteiger partial charge in [-0.15, -0.1) is 0 Å². The summed E-state index contributed by atoms with van der Waals surface area (Å²) in [6, 6.07) is -0.191. The predicted octanol–water partition coefficient (Wildman–Crippen LogP) is 0.308. The van der Waals surface area contributed by atoms with Crippen molar-refractivity contribution < 1.29 is 14.7 Å². The van der Waals surface area contributed by atoms with Gasteiger partial charge in [-0.3, -0.25) is 9.59 Å². The third-order valence-electron chi connectivity index (χ3n) is 3.17. The lowest BCUT2D eigenvalue weighted by molar-refractivity contribution is -0.142. The Labute approximate surface area is 95.8 Å². The molecule has 1 fully saturated rings. The number of carbonyl (C=O) groups excluding carboxylic acids is 1. The molecule has 0 spiro atoms. The molecule has 0 radical (unpaired) electrons. The van der Waals surface area contributed by atoms with Crippen LogP contribution in [-0.2, 0) is 9.59 Å². The van der Waals surface area contributed by atoms with Crippen molar-refractivity contribution in [1.29, 1.82) is 0 Å². The van der Waals surface area contributed by atoms with Gasteiger partial charge in [0.2, 0.25) is 5.91 Å². The monoisotopic (exact) mass is 228 g/mol. The summed E-state index contributed by atoms with van der Waals surface area (Å²) in [7, 11) is 0. The number of likely N-dealkylation sites (tertiary alicyclic amines) is 1. The van der Waals surface area contributed by atoms with E-state index in [1.54, 1.807) is 13.8 Å². The normalized spacial score (nSPS) is 19.5. The fraction of sp³-hybridized carbons (Fsp3) is 0.818. The molecular formula is C11H20N2O3. The summed E-state index contributed by atoms with van der Waals surface area (Å²) in [4.78, 5) is 24.2. The Hall–Kier alpha value is -1.10. The van der Waals surface area contributed by atoms with Gasteiger partial charge in [0.15, 0.2) is 0 Å². The Kier molecular flexibility index (Phi) is 4.73. The molecule has 0 saturated carbocycles. The predicted molar refractivity (Wildman–Crippen MR) is 60.1 cm³/mol. The van der Waals surface area contributed by atoms with Crippen LogP contribution in [-0.4, -0.2) is 47.6 Å². The van der Waals surface area contributed by atoms with Crippen LogP contribution < -0.4 is 5.32 Å². The lowest BCUT2D eigenvalue weighted by Crippen LogP contribution is -2.43. The van der Waals surface area contributed by atoms with Crippen LogP contribution in [0.3, 0.4) is 0 Å². The smallest absolute Gasteiger partial charge is 0.307 e. The number of hydrogen-bond acceptors (Lipinski definition) is 3. The SMILES string of the molecule is CC(NCC(=O)N1CCCC1)C(C)C(=O)O. The number of hydrogen-bond donors (Lipinski definition) is 2. The zero-order valence-corrected chi connectivity index (χ0v) is 9.90. The number of carbonyl (C=O) groups is 2. The van der Waals surface area contributed by atoms with Crippen molar-refractivity contribution in [3.8, 4) is 0 Å². The molecule has 2 unspecified atom stereocenters. The fourth-order valence-corrected chi connectivity index (χ4v) is 1.72. The lowest BCUT2D eigenvalue weighted by atomic mass is 10.0. The van der Waals surface area contributed by atoms with E-state index >= 15 is 0 Å². The van der Waals surface area contributed by atoms with Gasteiger partial charge in [-0.25, -0.2) is 0 Å². The van der Waals surface area contributed by atoms with E-state index in [2.05, 4.69) is 5.32 Å². The summed E-state index contributed by atoms with van der Waals surface area (Å²) in [5.41, 5.74) is 0. The van der Waals surface area contributed by atoms with E-state index in [-0.39, 0.29) is 18.5 Å². The quantitative estimate of drug-likeness (QED) is 0.710. The minimum Gasteiger partial charge on any atom is -0.481 e. The second-order valence-corrected chi connectivity index (χ2v) is 4.38. The molecule has 0 bridgehead atoms. The van der Waals surface area contributed by atoms with Crippen molar-refractivity contribution in [2.45, 2.75) is 32.7 Å². The molecule has 0 aromatic heterocycles. The summed E-state index contributed by atoms with van der Waals surface area (Å²) in [6.45, 7) is 5.34. The Morgan fingerprint density at radius 1 is 1.31 bits per heavy atom. The van der Waals surface area contributed by atoms with Crippen molar-refractivity contribution in [2.75, 3.05) is 19.6 Å². The van der Waals surface area contributed by atoms with Gasteiger partial charge in [0.1, 0.15) is 0 Å². The van der Waals surface area contributed by atoms with E-state index < -0.39 is 11.9 Å². The van der Waals surface area contributed by atoms with Gasteiger partial charge in [-0.1, -0.05) is 6.92 Å². The summed E-state index contributed by atoms with van der Waals surface area (Å²) in [5.74, 6) is -1.25. The maximum atomic E-state index is 11.7. The van der Waals surface area contributed by atoms with Crippen molar-refractivity contribution >= 4 is 11.9 Å². The van der Waals surface area contributed by atoms with Crippen LogP contribution in [0, 0.1) is 5.92 Å². The van der Waals surface area contributed by atoms with Gasteiger partial charge in [-0.2, -0.15) is 0 Å². The third-order valence-corrected chi connectivity index (χ3v) is 3.17. The van der Waals surface area contributed by atoms with E-state index in [9.17, 15) is 9.59 Å². The van der Waals surface area contributed by atoms with Crippen molar-refractivity contribution in [3.63, 3.8) is 0 Å². The highest BCUT2D eigenvalue weighted by Crippen LogP contribution is 2.07. The number of carboxylic acid groups (broad SMARTS) is 1. The molecule has 5 nitrogen and oxygen atoms in total.